The molecule has 4 fully saturated rings. The highest BCUT2D eigenvalue weighted by Crippen LogP contribution is 2.46. The Balaban J connectivity index is 0.980. The van der Waals surface area contributed by atoms with Crippen molar-refractivity contribution in [2.24, 2.45) is 11.3 Å². The number of carbonyl (C=O) groups excluding carboxylic acids is 1. The molecule has 44 heavy (non-hydrogen) atoms. The van der Waals surface area contributed by atoms with E-state index in [9.17, 15) is 9.18 Å². The molecule has 3 saturated heterocycles. The molecule has 1 amide bonds. The Morgan fingerprint density at radius 1 is 1.05 bits per heavy atom. The molecule has 1 N–H and O–H groups in total. The van der Waals surface area contributed by atoms with E-state index in [4.69, 9.17) is 4.74 Å². The zero-order chi connectivity index (χ0) is 30.3. The second-order valence-electron chi connectivity index (χ2n) is 13.7. The van der Waals surface area contributed by atoms with E-state index in [2.05, 4.69) is 40.3 Å². The first kappa shape index (κ1) is 29.0. The maximum absolute atomic E-state index is 14.5. The molecular weight excluding hydrogens is 559 g/mol. The van der Waals surface area contributed by atoms with Gasteiger partial charge in [-0.1, -0.05) is 13.8 Å². The molecule has 1 aromatic carbocycles. The first-order valence-electron chi connectivity index (χ1n) is 16.0. The first-order chi connectivity index (χ1) is 21.3. The lowest BCUT2D eigenvalue weighted by Crippen LogP contribution is -2.61. The highest BCUT2D eigenvalue weighted by atomic mass is 19.1. The van der Waals surface area contributed by atoms with Crippen molar-refractivity contribution in [2.75, 3.05) is 37.6 Å². The molecule has 5 heterocycles. The second kappa shape index (κ2) is 11.6. The number of likely N-dealkylation sites (tertiary alicyclic amines) is 1. The minimum atomic E-state index is -0.367. The summed E-state index contributed by atoms with van der Waals surface area (Å²) in [6, 6.07) is 4.45. The molecule has 4 aliphatic rings. The van der Waals surface area contributed by atoms with Crippen LogP contribution in [0.1, 0.15) is 76.8 Å². The van der Waals surface area contributed by atoms with Crippen molar-refractivity contribution in [1.82, 2.24) is 35.4 Å². The molecule has 3 aromatic rings. The van der Waals surface area contributed by atoms with Crippen LogP contribution in [0.5, 0.6) is 11.6 Å². The van der Waals surface area contributed by atoms with Gasteiger partial charge in [-0.3, -0.25) is 4.79 Å². The van der Waals surface area contributed by atoms with Crippen molar-refractivity contribution in [3.8, 4) is 22.8 Å². The lowest BCUT2D eigenvalue weighted by Gasteiger charge is -2.54. The molecule has 2 spiro atoms. The number of rotatable bonds is 7. The summed E-state index contributed by atoms with van der Waals surface area (Å²) in [5, 5.41) is 11.6. The number of halogens is 1. The summed E-state index contributed by atoms with van der Waals surface area (Å²) in [6.07, 6.45) is 13.4. The molecular formula is C33H41FN8O2. The van der Waals surface area contributed by atoms with E-state index in [0.717, 1.165) is 62.6 Å². The number of aromatic nitrogens is 5. The molecule has 11 heteroatoms. The molecule has 10 nitrogen and oxygen atoms in total. The number of nitrogens with zero attached hydrogens (tertiary/aromatic N) is 7. The first-order valence-corrected chi connectivity index (χ1v) is 16.0. The minimum absolute atomic E-state index is 0.0958. The van der Waals surface area contributed by atoms with Gasteiger partial charge in [-0.2, -0.15) is 0 Å². The molecule has 3 aliphatic heterocycles. The molecule has 2 aromatic heterocycles. The summed E-state index contributed by atoms with van der Waals surface area (Å²) in [6.45, 7) is 9.31. The number of hydrogen-bond donors (Lipinski definition) is 1. The Kier molecular flexibility index (Phi) is 7.68. The number of piperidine rings is 1. The van der Waals surface area contributed by atoms with Crippen molar-refractivity contribution in [1.29, 1.82) is 0 Å². The van der Waals surface area contributed by atoms with Crippen LogP contribution in [0.15, 0.2) is 37.1 Å². The van der Waals surface area contributed by atoms with Crippen LogP contribution in [0.3, 0.4) is 0 Å². The summed E-state index contributed by atoms with van der Waals surface area (Å²) in [5.74, 6) is 2.15. The Bertz CT molecular complexity index is 1510. The summed E-state index contributed by atoms with van der Waals surface area (Å²) in [4.78, 5) is 29.9. The highest BCUT2D eigenvalue weighted by molar-refractivity contribution is 5.79. The van der Waals surface area contributed by atoms with Crippen molar-refractivity contribution in [3.05, 3.63) is 48.6 Å². The Morgan fingerprint density at radius 2 is 1.84 bits per heavy atom. The molecule has 0 atom stereocenters. The zero-order valence-corrected chi connectivity index (χ0v) is 25.6. The van der Waals surface area contributed by atoms with Crippen LogP contribution in [-0.4, -0.2) is 74.2 Å². The lowest BCUT2D eigenvalue weighted by molar-refractivity contribution is -0.120. The minimum Gasteiger partial charge on any atom is -0.434 e. The molecule has 0 radical (unpaired) electrons. The van der Waals surface area contributed by atoms with Crippen molar-refractivity contribution < 1.29 is 13.9 Å². The Labute approximate surface area is 257 Å². The van der Waals surface area contributed by atoms with Crippen LogP contribution in [0.25, 0.3) is 11.1 Å². The van der Waals surface area contributed by atoms with Crippen LogP contribution in [0.2, 0.25) is 0 Å². The number of nitrogens with one attached hydrogen (secondary N) is 1. The fourth-order valence-corrected chi connectivity index (χ4v) is 7.82. The second-order valence-corrected chi connectivity index (χ2v) is 13.7. The molecule has 232 valence electrons. The SMILES string of the molecule is CC(C)c1ncncc1-c1cc(F)ccc1Oc1nncnc1N1CC2(CCN(CC3CCC4(CCC(=O)N4)CC3)CC2)C1. The smallest absolute Gasteiger partial charge is 0.282 e. The van der Waals surface area contributed by atoms with Crippen molar-refractivity contribution >= 4 is 11.7 Å². The molecule has 1 saturated carbocycles. The quantitative estimate of drug-likeness (QED) is 0.395. The maximum Gasteiger partial charge on any atom is 0.282 e. The van der Waals surface area contributed by atoms with Gasteiger partial charge in [0.2, 0.25) is 5.91 Å². The molecule has 0 unspecified atom stereocenters. The van der Waals surface area contributed by atoms with E-state index in [1.54, 1.807) is 12.3 Å². The van der Waals surface area contributed by atoms with E-state index < -0.39 is 0 Å². The van der Waals surface area contributed by atoms with Gasteiger partial charge in [-0.15, -0.1) is 10.2 Å². The molecule has 7 rings (SSSR count). The van der Waals surface area contributed by atoms with E-state index >= 15 is 0 Å². The fraction of sp³-hybridized carbons (Fsp3) is 0.576. The monoisotopic (exact) mass is 600 g/mol. The summed E-state index contributed by atoms with van der Waals surface area (Å²) in [7, 11) is 0. The van der Waals surface area contributed by atoms with Gasteiger partial charge in [-0.05, 0) is 88.1 Å². The summed E-state index contributed by atoms with van der Waals surface area (Å²) in [5.41, 5.74) is 2.48. The number of ether oxygens (including phenoxy) is 1. The predicted octanol–water partition coefficient (Wildman–Crippen LogP) is 5.12. The van der Waals surface area contributed by atoms with Gasteiger partial charge in [0, 0.05) is 54.3 Å². The third-order valence-corrected chi connectivity index (χ3v) is 10.4. The van der Waals surface area contributed by atoms with Crippen molar-refractivity contribution in [3.63, 3.8) is 0 Å². The van der Waals surface area contributed by atoms with Gasteiger partial charge in [0.25, 0.3) is 5.88 Å². The predicted molar refractivity (Wildman–Crippen MR) is 164 cm³/mol. The fourth-order valence-electron chi connectivity index (χ4n) is 7.82. The van der Waals surface area contributed by atoms with Crippen LogP contribution < -0.4 is 15.0 Å². The average molecular weight is 601 g/mol. The Hall–Kier alpha value is -3.73. The normalized spacial score (nSPS) is 25.0. The van der Waals surface area contributed by atoms with Crippen LogP contribution in [0, 0.1) is 17.2 Å². The third kappa shape index (κ3) is 5.74. The van der Waals surface area contributed by atoms with E-state index in [1.807, 2.05) is 13.8 Å². The van der Waals surface area contributed by atoms with E-state index in [1.165, 1.54) is 57.0 Å². The molecule has 0 bridgehead atoms. The van der Waals surface area contributed by atoms with Gasteiger partial charge in [0.15, 0.2) is 5.82 Å². The number of anilines is 1. The average Bonchev–Trinajstić information content (AvgIpc) is 3.38. The lowest BCUT2D eigenvalue weighted by atomic mass is 9.71. The number of hydrogen-bond acceptors (Lipinski definition) is 9. The van der Waals surface area contributed by atoms with Crippen molar-refractivity contribution in [2.45, 2.75) is 76.7 Å². The summed E-state index contributed by atoms with van der Waals surface area (Å²) >= 11 is 0. The topological polar surface area (TPSA) is 109 Å². The summed E-state index contributed by atoms with van der Waals surface area (Å²) < 4.78 is 20.8. The largest absolute Gasteiger partial charge is 0.434 e. The van der Waals surface area contributed by atoms with Gasteiger partial charge in [-0.25, -0.2) is 19.3 Å². The Morgan fingerprint density at radius 3 is 2.57 bits per heavy atom. The van der Waals surface area contributed by atoms with Crippen LogP contribution in [-0.2, 0) is 4.79 Å². The third-order valence-electron chi connectivity index (χ3n) is 10.4. The maximum atomic E-state index is 14.5. The van der Waals surface area contributed by atoms with Gasteiger partial charge >= 0.3 is 0 Å². The standard InChI is InChI=1S/C33H41FN8O2/c1-22(2)29-26(16-35-20-36-29)25-15-24(34)3-4-27(25)44-31-30(37-21-38-40-31)42-18-32(19-42)11-13-41(14-12-32)17-23-5-8-33(9-6-23)10-7-28(43)39-33/h3-4,15-16,20-23H,5-14,17-19H2,1-2H3,(H,39,43). The van der Waals surface area contributed by atoms with Gasteiger partial charge in [0.1, 0.15) is 24.2 Å². The number of benzene rings is 1. The molecule has 1 aliphatic carbocycles. The van der Waals surface area contributed by atoms with Gasteiger partial charge < -0.3 is 19.9 Å². The number of carbonyl (C=O) groups is 1. The highest BCUT2D eigenvalue weighted by Gasteiger charge is 2.47. The van der Waals surface area contributed by atoms with Gasteiger partial charge in [0.05, 0.1) is 5.69 Å². The van der Waals surface area contributed by atoms with E-state index in [0.29, 0.717) is 29.4 Å². The van der Waals surface area contributed by atoms with Crippen LogP contribution in [0.4, 0.5) is 10.2 Å². The van der Waals surface area contributed by atoms with Crippen LogP contribution >= 0.6 is 0 Å². The number of amides is 1. The van der Waals surface area contributed by atoms with E-state index in [-0.39, 0.29) is 28.6 Å². The zero-order valence-electron chi connectivity index (χ0n) is 25.6.